The van der Waals surface area contributed by atoms with Crippen LogP contribution in [0.25, 0.3) is 22.1 Å². The van der Waals surface area contributed by atoms with Crippen molar-refractivity contribution < 1.29 is 9.53 Å². The van der Waals surface area contributed by atoms with Gasteiger partial charge in [0.1, 0.15) is 22.6 Å². The molecule has 1 amide bonds. The first kappa shape index (κ1) is 17.8. The largest absolute Gasteiger partial charge is 0.444 e. The van der Waals surface area contributed by atoms with E-state index in [2.05, 4.69) is 32.8 Å². The molecule has 1 aliphatic rings. The highest BCUT2D eigenvalue weighted by molar-refractivity contribution is 6.01. The van der Waals surface area contributed by atoms with Crippen molar-refractivity contribution in [2.45, 2.75) is 71.1 Å². The number of H-pyrrole nitrogens is 1. The van der Waals surface area contributed by atoms with Gasteiger partial charge in [0.2, 0.25) is 0 Å². The molecule has 1 fully saturated rings. The average molecular weight is 369 g/mol. The molecule has 1 aliphatic carbocycles. The second-order valence-electron chi connectivity index (χ2n) is 8.41. The quantitative estimate of drug-likeness (QED) is 0.708. The number of pyridine rings is 1. The number of carbonyl (C=O) groups excluding carboxylic acids is 1. The molecule has 0 aromatic carbocycles. The molecule has 7 nitrogen and oxygen atoms in total. The van der Waals surface area contributed by atoms with Gasteiger partial charge in [-0.3, -0.25) is 0 Å². The first-order valence-corrected chi connectivity index (χ1v) is 9.62. The van der Waals surface area contributed by atoms with Crippen molar-refractivity contribution in [3.8, 4) is 0 Å². The number of hydrogen-bond acceptors (Lipinski definition) is 4. The third-order valence-corrected chi connectivity index (χ3v) is 5.19. The first-order chi connectivity index (χ1) is 12.8. The van der Waals surface area contributed by atoms with Crippen LogP contribution in [0, 0.1) is 6.92 Å². The minimum absolute atomic E-state index is 0.167. The van der Waals surface area contributed by atoms with Crippen LogP contribution in [-0.4, -0.2) is 37.3 Å². The summed E-state index contributed by atoms with van der Waals surface area (Å²) in [5, 5.41) is 4.13. The number of aromatic nitrogens is 4. The van der Waals surface area contributed by atoms with Crippen LogP contribution in [-0.2, 0) is 4.74 Å². The summed E-state index contributed by atoms with van der Waals surface area (Å²) in [7, 11) is 0. The molecule has 3 heterocycles. The van der Waals surface area contributed by atoms with Gasteiger partial charge in [-0.2, -0.15) is 0 Å². The Labute approximate surface area is 158 Å². The predicted molar refractivity (Wildman–Crippen MR) is 105 cm³/mol. The lowest BCUT2D eigenvalue weighted by molar-refractivity contribution is 0.0488. The molecule has 0 aliphatic heterocycles. The second kappa shape index (κ2) is 6.55. The summed E-state index contributed by atoms with van der Waals surface area (Å²) in [6.45, 7) is 7.70. The number of carbonyl (C=O) groups is 1. The predicted octanol–water partition coefficient (Wildman–Crippen LogP) is 4.23. The van der Waals surface area contributed by atoms with Crippen molar-refractivity contribution in [2.75, 3.05) is 0 Å². The van der Waals surface area contributed by atoms with Crippen molar-refractivity contribution in [3.05, 3.63) is 24.3 Å². The summed E-state index contributed by atoms with van der Waals surface area (Å²) in [6.07, 6.45) is 7.31. The molecular weight excluding hydrogens is 342 g/mol. The summed E-state index contributed by atoms with van der Waals surface area (Å²) < 4.78 is 7.74. The SMILES string of the molecule is Cc1nc2cnc3[nH]ccc3c2n1C1CCC(NC(=O)OC(C)(C)C)CC1. The van der Waals surface area contributed by atoms with Crippen molar-refractivity contribution in [1.29, 1.82) is 0 Å². The molecule has 0 spiro atoms. The molecule has 2 N–H and O–H groups in total. The Balaban J connectivity index is 1.51. The molecule has 7 heteroatoms. The third-order valence-electron chi connectivity index (χ3n) is 5.19. The van der Waals surface area contributed by atoms with Gasteiger partial charge in [0.25, 0.3) is 0 Å². The number of ether oxygens (including phenoxy) is 1. The standard InChI is InChI=1S/C20H27N5O2/c1-12-23-16-11-22-18-15(9-10-21-18)17(16)25(12)14-7-5-13(6-8-14)24-19(26)27-20(2,3)4/h9-11,13-14H,5-8H2,1-4H3,(H,21,22)(H,24,26). The highest BCUT2D eigenvalue weighted by Crippen LogP contribution is 2.34. The Morgan fingerprint density at radius 1 is 1.30 bits per heavy atom. The van der Waals surface area contributed by atoms with Gasteiger partial charge in [0, 0.05) is 23.7 Å². The normalized spacial score (nSPS) is 20.9. The lowest BCUT2D eigenvalue weighted by Crippen LogP contribution is -2.41. The Morgan fingerprint density at radius 3 is 2.74 bits per heavy atom. The van der Waals surface area contributed by atoms with Crippen molar-refractivity contribution >= 4 is 28.2 Å². The van der Waals surface area contributed by atoms with Gasteiger partial charge in [-0.15, -0.1) is 0 Å². The first-order valence-electron chi connectivity index (χ1n) is 9.62. The Morgan fingerprint density at radius 2 is 2.04 bits per heavy atom. The van der Waals surface area contributed by atoms with Crippen molar-refractivity contribution in [1.82, 2.24) is 24.8 Å². The number of rotatable bonds is 2. The topological polar surface area (TPSA) is 84.8 Å². The van der Waals surface area contributed by atoms with Crippen LogP contribution < -0.4 is 5.32 Å². The molecule has 3 aromatic heterocycles. The summed E-state index contributed by atoms with van der Waals surface area (Å²) in [5.74, 6) is 1.02. The number of alkyl carbamates (subject to hydrolysis) is 1. The fourth-order valence-electron chi connectivity index (χ4n) is 4.11. The third kappa shape index (κ3) is 3.50. The van der Waals surface area contributed by atoms with E-state index in [1.165, 1.54) is 0 Å². The molecule has 0 bridgehead atoms. The molecule has 0 atom stereocenters. The fraction of sp³-hybridized carbons (Fsp3) is 0.550. The smallest absolute Gasteiger partial charge is 0.407 e. The van der Waals surface area contributed by atoms with Crippen LogP contribution >= 0.6 is 0 Å². The van der Waals surface area contributed by atoms with E-state index >= 15 is 0 Å². The van der Waals surface area contributed by atoms with E-state index in [1.54, 1.807) is 0 Å². The molecule has 3 aromatic rings. The summed E-state index contributed by atoms with van der Waals surface area (Å²) in [4.78, 5) is 24.4. The van der Waals surface area contributed by atoms with Gasteiger partial charge in [-0.05, 0) is 59.4 Å². The monoisotopic (exact) mass is 369 g/mol. The van der Waals surface area contributed by atoms with Gasteiger partial charge in [-0.25, -0.2) is 14.8 Å². The van der Waals surface area contributed by atoms with Crippen LogP contribution in [0.2, 0.25) is 0 Å². The van der Waals surface area contributed by atoms with E-state index in [1.807, 2.05) is 33.2 Å². The zero-order valence-corrected chi connectivity index (χ0v) is 16.4. The van der Waals surface area contributed by atoms with E-state index < -0.39 is 5.60 Å². The van der Waals surface area contributed by atoms with Gasteiger partial charge < -0.3 is 19.6 Å². The van der Waals surface area contributed by atoms with E-state index in [9.17, 15) is 4.79 Å². The van der Waals surface area contributed by atoms with E-state index in [0.29, 0.717) is 6.04 Å². The van der Waals surface area contributed by atoms with Crippen molar-refractivity contribution in [2.24, 2.45) is 0 Å². The Hall–Kier alpha value is -2.57. The van der Waals surface area contributed by atoms with E-state index in [0.717, 1.165) is 53.6 Å². The van der Waals surface area contributed by atoms with Crippen LogP contribution in [0.15, 0.2) is 18.5 Å². The maximum absolute atomic E-state index is 12.0. The van der Waals surface area contributed by atoms with Gasteiger partial charge in [-0.1, -0.05) is 0 Å². The Kier molecular flexibility index (Phi) is 4.32. The molecule has 0 radical (unpaired) electrons. The molecule has 1 saturated carbocycles. The number of hydrogen-bond donors (Lipinski definition) is 2. The molecule has 0 saturated heterocycles. The number of aryl methyl sites for hydroxylation is 1. The lowest BCUT2D eigenvalue weighted by atomic mass is 9.91. The number of nitrogens with one attached hydrogen (secondary N) is 2. The molecule has 0 unspecified atom stereocenters. The van der Waals surface area contributed by atoms with Gasteiger partial charge in [0.05, 0.1) is 11.7 Å². The highest BCUT2D eigenvalue weighted by Gasteiger charge is 2.27. The van der Waals surface area contributed by atoms with Gasteiger partial charge in [0.15, 0.2) is 0 Å². The molecule has 27 heavy (non-hydrogen) atoms. The van der Waals surface area contributed by atoms with Crippen LogP contribution in [0.4, 0.5) is 4.79 Å². The summed E-state index contributed by atoms with van der Waals surface area (Å²) in [5.41, 5.74) is 2.52. The maximum atomic E-state index is 12.0. The molecule has 144 valence electrons. The van der Waals surface area contributed by atoms with Crippen LogP contribution in [0.3, 0.4) is 0 Å². The zero-order valence-electron chi connectivity index (χ0n) is 16.4. The molecular formula is C20H27N5O2. The van der Waals surface area contributed by atoms with Crippen LogP contribution in [0.1, 0.15) is 58.3 Å². The number of fused-ring (bicyclic) bond motifs is 3. The number of aromatic amines is 1. The minimum atomic E-state index is -0.468. The number of nitrogens with zero attached hydrogens (tertiary/aromatic N) is 3. The van der Waals surface area contributed by atoms with Crippen molar-refractivity contribution in [3.63, 3.8) is 0 Å². The zero-order chi connectivity index (χ0) is 19.2. The Bertz CT molecular complexity index is 973. The number of imidazole rings is 1. The van der Waals surface area contributed by atoms with E-state index in [-0.39, 0.29) is 12.1 Å². The minimum Gasteiger partial charge on any atom is -0.444 e. The summed E-state index contributed by atoms with van der Waals surface area (Å²) in [6, 6.07) is 2.62. The average Bonchev–Trinajstić information content (AvgIpc) is 3.16. The fourth-order valence-corrected chi connectivity index (χ4v) is 4.11. The highest BCUT2D eigenvalue weighted by atomic mass is 16.6. The van der Waals surface area contributed by atoms with Gasteiger partial charge >= 0.3 is 6.09 Å². The van der Waals surface area contributed by atoms with Crippen LogP contribution in [0.5, 0.6) is 0 Å². The molecule has 4 rings (SSSR count). The van der Waals surface area contributed by atoms with E-state index in [4.69, 9.17) is 9.72 Å². The lowest BCUT2D eigenvalue weighted by Gasteiger charge is -2.31. The summed E-state index contributed by atoms with van der Waals surface area (Å²) >= 11 is 0. The maximum Gasteiger partial charge on any atom is 0.407 e. The second-order valence-corrected chi connectivity index (χ2v) is 8.41. The number of amides is 1.